The Morgan fingerprint density at radius 3 is 2.52 bits per heavy atom. The zero-order valence-corrected chi connectivity index (χ0v) is 18.2. The van der Waals surface area contributed by atoms with Crippen LogP contribution in [0.2, 0.25) is 0 Å². The predicted molar refractivity (Wildman–Crippen MR) is 115 cm³/mol. The van der Waals surface area contributed by atoms with Gasteiger partial charge in [-0.2, -0.15) is 0 Å². The summed E-state index contributed by atoms with van der Waals surface area (Å²) in [6.07, 6.45) is 1.46. The number of carbonyl (C=O) groups is 2. The Kier molecular flexibility index (Phi) is 7.30. The van der Waals surface area contributed by atoms with Crippen LogP contribution in [-0.2, 0) is 16.1 Å². The quantitative estimate of drug-likeness (QED) is 0.689. The molecule has 0 radical (unpaired) electrons. The highest BCUT2D eigenvalue weighted by Crippen LogP contribution is 2.40. The maximum atomic E-state index is 13.1. The lowest BCUT2D eigenvalue weighted by Gasteiger charge is -2.27. The van der Waals surface area contributed by atoms with Crippen LogP contribution in [0.5, 0.6) is 0 Å². The van der Waals surface area contributed by atoms with Crippen LogP contribution in [0.3, 0.4) is 0 Å². The summed E-state index contributed by atoms with van der Waals surface area (Å²) < 4.78 is 0. The van der Waals surface area contributed by atoms with Crippen molar-refractivity contribution in [2.75, 3.05) is 45.8 Å². The molecule has 6 heteroatoms. The van der Waals surface area contributed by atoms with Crippen molar-refractivity contribution in [3.05, 3.63) is 35.9 Å². The fraction of sp³-hybridized carbons (Fsp3) is 0.652. The van der Waals surface area contributed by atoms with Crippen LogP contribution < -0.4 is 5.32 Å². The van der Waals surface area contributed by atoms with Crippen molar-refractivity contribution in [2.45, 2.75) is 46.2 Å². The lowest BCUT2D eigenvalue weighted by atomic mass is 9.83. The normalized spacial score (nSPS) is 24.4. The van der Waals surface area contributed by atoms with E-state index in [2.05, 4.69) is 53.2 Å². The number of carbonyl (C=O) groups excluding carboxylic acids is 2. The van der Waals surface area contributed by atoms with E-state index < -0.39 is 5.41 Å². The van der Waals surface area contributed by atoms with E-state index in [1.54, 1.807) is 0 Å². The van der Waals surface area contributed by atoms with Crippen LogP contribution in [0.1, 0.15) is 39.2 Å². The molecule has 2 fully saturated rings. The van der Waals surface area contributed by atoms with E-state index in [0.717, 1.165) is 52.2 Å². The first-order valence-corrected chi connectivity index (χ1v) is 11.1. The average molecular weight is 401 g/mol. The van der Waals surface area contributed by atoms with Crippen LogP contribution in [-0.4, -0.2) is 78.4 Å². The van der Waals surface area contributed by atoms with E-state index in [1.807, 2.05) is 17.9 Å². The lowest BCUT2D eigenvalue weighted by molar-refractivity contribution is -0.134. The number of likely N-dealkylation sites (tertiary alicyclic amines) is 1. The minimum atomic E-state index is -0.409. The van der Waals surface area contributed by atoms with Gasteiger partial charge in [-0.05, 0) is 45.0 Å². The summed E-state index contributed by atoms with van der Waals surface area (Å²) in [5.41, 5.74) is 0.858. The van der Waals surface area contributed by atoms with Gasteiger partial charge in [0, 0.05) is 32.7 Å². The maximum absolute atomic E-state index is 13.1. The molecule has 0 aromatic heterocycles. The summed E-state index contributed by atoms with van der Waals surface area (Å²) in [6.45, 7) is 13.1. The third kappa shape index (κ3) is 4.98. The number of likely N-dealkylation sites (N-methyl/N-ethyl adjacent to an activating group) is 2. The number of hydrogen-bond acceptors (Lipinski definition) is 4. The lowest BCUT2D eigenvalue weighted by Crippen LogP contribution is -2.47. The van der Waals surface area contributed by atoms with E-state index in [1.165, 1.54) is 5.56 Å². The Morgan fingerprint density at radius 1 is 1.14 bits per heavy atom. The van der Waals surface area contributed by atoms with Crippen molar-refractivity contribution in [3.63, 3.8) is 0 Å². The molecule has 2 aliphatic heterocycles. The molecule has 2 amide bonds. The minimum Gasteiger partial charge on any atom is -0.344 e. The molecule has 1 aromatic carbocycles. The highest BCUT2D eigenvalue weighted by atomic mass is 16.2. The molecule has 0 unspecified atom stereocenters. The van der Waals surface area contributed by atoms with Gasteiger partial charge in [-0.15, -0.1) is 0 Å². The van der Waals surface area contributed by atoms with Gasteiger partial charge in [0.2, 0.25) is 11.8 Å². The van der Waals surface area contributed by atoms with Gasteiger partial charge in [-0.25, -0.2) is 0 Å². The highest BCUT2D eigenvalue weighted by molar-refractivity contribution is 5.94. The van der Waals surface area contributed by atoms with Crippen molar-refractivity contribution < 1.29 is 9.59 Å². The Labute approximate surface area is 175 Å². The molecule has 0 saturated carbocycles. The Hall–Kier alpha value is -1.92. The predicted octanol–water partition coefficient (Wildman–Crippen LogP) is 1.96. The molecule has 0 bridgehead atoms. The van der Waals surface area contributed by atoms with Crippen LogP contribution in [0, 0.1) is 5.41 Å². The zero-order chi connectivity index (χ0) is 20.9. The topological polar surface area (TPSA) is 55.9 Å². The molecule has 29 heavy (non-hydrogen) atoms. The largest absolute Gasteiger partial charge is 0.344 e. The summed E-state index contributed by atoms with van der Waals surface area (Å²) in [4.78, 5) is 32.5. The van der Waals surface area contributed by atoms with Crippen LogP contribution in [0.4, 0.5) is 0 Å². The highest BCUT2D eigenvalue weighted by Gasteiger charge is 2.52. The molecule has 2 aliphatic rings. The third-order valence-electron chi connectivity index (χ3n) is 6.64. The number of benzene rings is 1. The molecule has 1 aromatic rings. The monoisotopic (exact) mass is 400 g/mol. The smallest absolute Gasteiger partial charge is 0.245 e. The first-order chi connectivity index (χ1) is 14.0. The van der Waals surface area contributed by atoms with E-state index in [-0.39, 0.29) is 17.9 Å². The van der Waals surface area contributed by atoms with E-state index in [9.17, 15) is 9.59 Å². The van der Waals surface area contributed by atoms with Crippen LogP contribution in [0.15, 0.2) is 30.3 Å². The van der Waals surface area contributed by atoms with Crippen molar-refractivity contribution in [2.24, 2.45) is 5.41 Å². The van der Waals surface area contributed by atoms with E-state index >= 15 is 0 Å². The van der Waals surface area contributed by atoms with Crippen molar-refractivity contribution in [1.82, 2.24) is 20.0 Å². The fourth-order valence-electron chi connectivity index (χ4n) is 4.73. The molecule has 2 saturated heterocycles. The first-order valence-electron chi connectivity index (χ1n) is 11.1. The second-order valence-electron chi connectivity index (χ2n) is 8.40. The zero-order valence-electron chi connectivity index (χ0n) is 18.2. The van der Waals surface area contributed by atoms with Gasteiger partial charge in [0.05, 0.1) is 5.41 Å². The van der Waals surface area contributed by atoms with Gasteiger partial charge in [-0.3, -0.25) is 14.5 Å². The Balaban J connectivity index is 1.58. The Bertz CT molecular complexity index is 691. The van der Waals surface area contributed by atoms with E-state index in [4.69, 9.17) is 0 Å². The second-order valence-corrected chi connectivity index (χ2v) is 8.40. The van der Waals surface area contributed by atoms with Gasteiger partial charge in [0.1, 0.15) is 6.04 Å². The van der Waals surface area contributed by atoms with Crippen LogP contribution >= 0.6 is 0 Å². The molecule has 1 spiro atoms. The molecular weight excluding hydrogens is 364 g/mol. The van der Waals surface area contributed by atoms with Gasteiger partial charge in [0.15, 0.2) is 0 Å². The number of hydrogen-bond donors (Lipinski definition) is 1. The maximum Gasteiger partial charge on any atom is 0.245 e. The first kappa shape index (κ1) is 21.8. The van der Waals surface area contributed by atoms with Crippen molar-refractivity contribution >= 4 is 11.8 Å². The minimum absolute atomic E-state index is 0.0613. The fourth-order valence-corrected chi connectivity index (χ4v) is 4.73. The molecule has 0 aliphatic carbocycles. The molecule has 2 heterocycles. The molecule has 3 rings (SSSR count). The summed E-state index contributed by atoms with van der Waals surface area (Å²) >= 11 is 0. The average Bonchev–Trinajstić information content (AvgIpc) is 3.29. The van der Waals surface area contributed by atoms with Gasteiger partial charge >= 0.3 is 0 Å². The van der Waals surface area contributed by atoms with Gasteiger partial charge in [0.25, 0.3) is 0 Å². The second kappa shape index (κ2) is 9.72. The third-order valence-corrected chi connectivity index (χ3v) is 6.64. The molecule has 160 valence electrons. The summed E-state index contributed by atoms with van der Waals surface area (Å²) in [5, 5.41) is 3.03. The summed E-state index contributed by atoms with van der Waals surface area (Å²) in [6, 6.07) is 10.00. The molecule has 2 atom stereocenters. The Morgan fingerprint density at radius 2 is 1.86 bits per heavy atom. The SMILES string of the molecule is CCN(CC)CCN(CC)C(=O)[C@@H]1C[C@@]2(CCN(Cc3ccccc3)C2)C(=O)N1. The summed E-state index contributed by atoms with van der Waals surface area (Å²) in [7, 11) is 0. The number of nitrogens with one attached hydrogen (secondary N) is 1. The molecule has 1 N–H and O–H groups in total. The summed E-state index contributed by atoms with van der Waals surface area (Å²) in [5.74, 6) is 0.137. The van der Waals surface area contributed by atoms with Crippen molar-refractivity contribution in [1.29, 1.82) is 0 Å². The van der Waals surface area contributed by atoms with Gasteiger partial charge in [-0.1, -0.05) is 44.2 Å². The van der Waals surface area contributed by atoms with E-state index in [0.29, 0.717) is 13.0 Å². The number of rotatable bonds is 9. The van der Waals surface area contributed by atoms with Gasteiger partial charge < -0.3 is 15.1 Å². The standard InChI is InChI=1S/C23H36N4O2/c1-4-25(5-2)14-15-27(6-3)21(28)20-16-23(22(29)24-20)12-13-26(18-23)17-19-10-8-7-9-11-19/h7-11,20H,4-6,12-18H2,1-3H3,(H,24,29)/t20-,23+/m0/s1. The molecular formula is C23H36N4O2. The number of amides is 2. The molecule has 6 nitrogen and oxygen atoms in total. The number of nitrogens with zero attached hydrogens (tertiary/aromatic N) is 3. The van der Waals surface area contributed by atoms with Crippen LogP contribution in [0.25, 0.3) is 0 Å². The van der Waals surface area contributed by atoms with Crippen molar-refractivity contribution in [3.8, 4) is 0 Å².